The summed E-state index contributed by atoms with van der Waals surface area (Å²) in [6, 6.07) is 5.59. The summed E-state index contributed by atoms with van der Waals surface area (Å²) in [4.78, 5) is 0. The molecular weight excluding hydrogens is 396 g/mol. The highest BCUT2D eigenvalue weighted by atomic mass is 127. The van der Waals surface area contributed by atoms with Crippen molar-refractivity contribution in [3.05, 3.63) is 48.8 Å². The summed E-state index contributed by atoms with van der Waals surface area (Å²) < 4.78 is 2.77. The lowest BCUT2D eigenvalue weighted by atomic mass is 10.0. The molecule has 3 nitrogen and oxygen atoms in total. The van der Waals surface area contributed by atoms with Crippen LogP contribution in [0.2, 0.25) is 10.2 Å². The fourth-order valence-electron chi connectivity index (χ4n) is 2.03. The number of hydrogen-bond acceptors (Lipinski definition) is 2. The Labute approximate surface area is 136 Å². The third-order valence-corrected chi connectivity index (χ3v) is 4.74. The molecule has 1 unspecified atom stereocenters. The van der Waals surface area contributed by atoms with Gasteiger partial charge in [-0.3, -0.25) is 4.68 Å². The zero-order chi connectivity index (χ0) is 14.2. The van der Waals surface area contributed by atoms with Crippen LogP contribution in [0, 0.1) is 10.5 Å². The summed E-state index contributed by atoms with van der Waals surface area (Å²) in [5.41, 5.74) is 9.23. The van der Waals surface area contributed by atoms with Crippen molar-refractivity contribution >= 4 is 45.8 Å². The Kier molecular flexibility index (Phi) is 4.76. The normalized spacial score (nSPS) is 12.7. The van der Waals surface area contributed by atoms with Crippen molar-refractivity contribution in [1.82, 2.24) is 9.78 Å². The molecule has 0 amide bonds. The third-order valence-electron chi connectivity index (χ3n) is 3.05. The minimum atomic E-state index is -0.147. The van der Waals surface area contributed by atoms with Gasteiger partial charge in [0, 0.05) is 27.2 Å². The van der Waals surface area contributed by atoms with Gasteiger partial charge in [-0.1, -0.05) is 23.2 Å². The maximum absolute atomic E-state index is 6.28. The van der Waals surface area contributed by atoms with Gasteiger partial charge in [-0.05, 0) is 59.7 Å². The second-order valence-corrected chi connectivity index (χ2v) is 6.41. The van der Waals surface area contributed by atoms with Crippen LogP contribution < -0.4 is 5.73 Å². The summed E-state index contributed by atoms with van der Waals surface area (Å²) in [5, 5.41) is 5.64. The minimum Gasteiger partial charge on any atom is -0.324 e. The average molecular weight is 410 g/mol. The molecule has 19 heavy (non-hydrogen) atoms. The van der Waals surface area contributed by atoms with E-state index in [0.29, 0.717) is 16.6 Å². The van der Waals surface area contributed by atoms with E-state index in [2.05, 4.69) is 27.7 Å². The molecule has 102 valence electrons. The number of halogens is 3. The molecule has 0 bridgehead atoms. The first kappa shape index (κ1) is 15.1. The van der Waals surface area contributed by atoms with E-state index in [0.717, 1.165) is 20.4 Å². The lowest BCUT2D eigenvalue weighted by Gasteiger charge is -2.14. The van der Waals surface area contributed by atoms with E-state index in [1.54, 1.807) is 4.68 Å². The molecule has 2 rings (SSSR count). The summed E-state index contributed by atoms with van der Waals surface area (Å²) in [6.45, 7) is 1.94. The molecule has 0 radical (unpaired) electrons. The summed E-state index contributed by atoms with van der Waals surface area (Å²) in [7, 11) is 1.83. The van der Waals surface area contributed by atoms with Crippen LogP contribution in [0.15, 0.2) is 18.2 Å². The number of rotatable bonds is 3. The molecule has 1 atom stereocenters. The van der Waals surface area contributed by atoms with E-state index in [-0.39, 0.29) is 6.04 Å². The van der Waals surface area contributed by atoms with Gasteiger partial charge in [-0.2, -0.15) is 5.10 Å². The summed E-state index contributed by atoms with van der Waals surface area (Å²) in [6.07, 6.45) is 0.648. The number of hydrogen-bond donors (Lipinski definition) is 1. The predicted octanol–water partition coefficient (Wildman–Crippen LogP) is 3.88. The Morgan fingerprint density at radius 3 is 2.68 bits per heavy atom. The Morgan fingerprint density at radius 1 is 1.42 bits per heavy atom. The van der Waals surface area contributed by atoms with Crippen LogP contribution >= 0.6 is 45.8 Å². The van der Waals surface area contributed by atoms with Crippen LogP contribution in [0.3, 0.4) is 0 Å². The first-order chi connectivity index (χ1) is 8.90. The van der Waals surface area contributed by atoms with E-state index in [9.17, 15) is 0 Å². The van der Waals surface area contributed by atoms with Gasteiger partial charge in [-0.25, -0.2) is 0 Å². The average Bonchev–Trinajstić information content (AvgIpc) is 2.59. The van der Waals surface area contributed by atoms with Crippen molar-refractivity contribution < 1.29 is 0 Å². The highest BCUT2D eigenvalue weighted by Gasteiger charge is 2.17. The highest BCUT2D eigenvalue weighted by molar-refractivity contribution is 14.1. The highest BCUT2D eigenvalue weighted by Crippen LogP contribution is 2.28. The number of benzene rings is 1. The lowest BCUT2D eigenvalue weighted by Crippen LogP contribution is -2.15. The van der Waals surface area contributed by atoms with Crippen LogP contribution in [-0.4, -0.2) is 9.78 Å². The van der Waals surface area contributed by atoms with E-state index in [1.807, 2.05) is 32.2 Å². The Morgan fingerprint density at radius 2 is 2.11 bits per heavy atom. The molecule has 0 saturated heterocycles. The fourth-order valence-corrected chi connectivity index (χ4v) is 3.20. The topological polar surface area (TPSA) is 43.8 Å². The smallest absolute Gasteiger partial charge is 0.130 e. The molecule has 0 fully saturated rings. The second-order valence-electron chi connectivity index (χ2n) is 4.45. The van der Waals surface area contributed by atoms with Crippen molar-refractivity contribution in [1.29, 1.82) is 0 Å². The number of aryl methyl sites for hydroxylation is 2. The zero-order valence-electron chi connectivity index (χ0n) is 10.6. The molecule has 2 aromatic rings. The lowest BCUT2D eigenvalue weighted by molar-refractivity contribution is 0.714. The van der Waals surface area contributed by atoms with Crippen LogP contribution in [0.4, 0.5) is 0 Å². The number of nitrogens with zero attached hydrogens (tertiary/aromatic N) is 2. The van der Waals surface area contributed by atoms with Crippen molar-refractivity contribution in [3.8, 4) is 0 Å². The maximum Gasteiger partial charge on any atom is 0.130 e. The Hall–Kier alpha value is -0.300. The molecule has 1 aromatic carbocycles. The zero-order valence-corrected chi connectivity index (χ0v) is 14.3. The quantitative estimate of drug-likeness (QED) is 0.781. The van der Waals surface area contributed by atoms with Gasteiger partial charge in [0.25, 0.3) is 0 Å². The van der Waals surface area contributed by atoms with Gasteiger partial charge in [0.2, 0.25) is 0 Å². The molecular formula is C13H14Cl2IN3. The first-order valence-corrected chi connectivity index (χ1v) is 7.62. The van der Waals surface area contributed by atoms with Gasteiger partial charge in [0.1, 0.15) is 5.15 Å². The number of aromatic nitrogens is 2. The largest absolute Gasteiger partial charge is 0.324 e. The van der Waals surface area contributed by atoms with Crippen molar-refractivity contribution in [3.63, 3.8) is 0 Å². The third kappa shape index (κ3) is 3.24. The van der Waals surface area contributed by atoms with Gasteiger partial charge in [0.05, 0.1) is 5.69 Å². The minimum absolute atomic E-state index is 0.147. The van der Waals surface area contributed by atoms with Gasteiger partial charge in [-0.15, -0.1) is 0 Å². The standard InChI is InChI=1S/C13H14Cl2IN3/c1-7-9(13(15)19(2)18-7)6-12(17)10-5-8(14)3-4-11(10)16/h3-5,12H,6,17H2,1-2H3. The van der Waals surface area contributed by atoms with Crippen LogP contribution in [0.25, 0.3) is 0 Å². The van der Waals surface area contributed by atoms with Gasteiger partial charge in [0.15, 0.2) is 0 Å². The Bertz CT molecular complexity index is 610. The SMILES string of the molecule is Cc1nn(C)c(Cl)c1CC(N)c1cc(Cl)ccc1I. The predicted molar refractivity (Wildman–Crippen MR) is 87.8 cm³/mol. The fraction of sp³-hybridized carbons (Fsp3) is 0.308. The van der Waals surface area contributed by atoms with Crippen molar-refractivity contribution in [2.45, 2.75) is 19.4 Å². The molecule has 0 spiro atoms. The van der Waals surface area contributed by atoms with E-state index >= 15 is 0 Å². The van der Waals surface area contributed by atoms with Crippen LogP contribution in [-0.2, 0) is 13.5 Å². The van der Waals surface area contributed by atoms with Gasteiger partial charge < -0.3 is 5.73 Å². The molecule has 6 heteroatoms. The van der Waals surface area contributed by atoms with Crippen LogP contribution in [0.1, 0.15) is 22.9 Å². The molecule has 0 aliphatic rings. The first-order valence-electron chi connectivity index (χ1n) is 5.78. The maximum atomic E-state index is 6.28. The van der Waals surface area contributed by atoms with Crippen molar-refractivity contribution in [2.24, 2.45) is 12.8 Å². The van der Waals surface area contributed by atoms with Gasteiger partial charge >= 0.3 is 0 Å². The molecule has 0 saturated carbocycles. The molecule has 0 aliphatic heterocycles. The molecule has 2 N–H and O–H groups in total. The summed E-state index contributed by atoms with van der Waals surface area (Å²) >= 11 is 14.5. The van der Waals surface area contributed by atoms with Crippen LogP contribution in [0.5, 0.6) is 0 Å². The molecule has 1 heterocycles. The van der Waals surface area contributed by atoms with E-state index in [1.165, 1.54) is 0 Å². The number of nitrogens with two attached hydrogens (primary N) is 1. The Balaban J connectivity index is 2.30. The van der Waals surface area contributed by atoms with E-state index < -0.39 is 0 Å². The second kappa shape index (κ2) is 5.99. The van der Waals surface area contributed by atoms with E-state index in [4.69, 9.17) is 28.9 Å². The molecule has 0 aliphatic carbocycles. The molecule has 1 aromatic heterocycles. The summed E-state index contributed by atoms with van der Waals surface area (Å²) in [5.74, 6) is 0. The van der Waals surface area contributed by atoms with Crippen molar-refractivity contribution in [2.75, 3.05) is 0 Å². The monoisotopic (exact) mass is 409 g/mol.